The molecule has 0 spiro atoms. The zero-order chi connectivity index (χ0) is 15.8. The van der Waals surface area contributed by atoms with Crippen LogP contribution in [0.15, 0.2) is 11.9 Å². The van der Waals surface area contributed by atoms with Gasteiger partial charge >= 0.3 is 5.97 Å². The SMILES string of the molecule is CN1C=C(CC(C(=O)O)N2C(=O)CCC(C)(C)C2=O)NS1. The molecule has 21 heavy (non-hydrogen) atoms. The van der Waals surface area contributed by atoms with Crippen molar-refractivity contribution in [2.24, 2.45) is 5.41 Å². The number of hydrogen-bond donors (Lipinski definition) is 2. The lowest BCUT2D eigenvalue weighted by molar-refractivity contribution is -0.166. The molecule has 116 valence electrons. The lowest BCUT2D eigenvalue weighted by Gasteiger charge is -2.38. The Morgan fingerprint density at radius 1 is 1.52 bits per heavy atom. The molecule has 2 aliphatic heterocycles. The van der Waals surface area contributed by atoms with Crippen LogP contribution < -0.4 is 4.72 Å². The number of carbonyl (C=O) groups is 3. The van der Waals surface area contributed by atoms with Gasteiger partial charge in [-0.05, 0) is 6.42 Å². The molecule has 2 N–H and O–H groups in total. The lowest BCUT2D eigenvalue weighted by Crippen LogP contribution is -2.56. The van der Waals surface area contributed by atoms with Gasteiger partial charge in [0.2, 0.25) is 11.8 Å². The van der Waals surface area contributed by atoms with E-state index < -0.39 is 29.2 Å². The van der Waals surface area contributed by atoms with E-state index in [2.05, 4.69) is 4.72 Å². The van der Waals surface area contributed by atoms with Crippen molar-refractivity contribution in [1.29, 1.82) is 0 Å². The average molecular weight is 313 g/mol. The second-order valence-electron chi connectivity index (χ2n) is 5.90. The second kappa shape index (κ2) is 5.59. The first-order chi connectivity index (χ1) is 9.72. The van der Waals surface area contributed by atoms with Gasteiger partial charge in [0.05, 0.1) is 12.1 Å². The van der Waals surface area contributed by atoms with Crippen LogP contribution in [-0.2, 0) is 14.4 Å². The number of rotatable bonds is 4. The van der Waals surface area contributed by atoms with Crippen LogP contribution in [0, 0.1) is 5.41 Å². The number of nitrogens with zero attached hydrogens (tertiary/aromatic N) is 2. The van der Waals surface area contributed by atoms with E-state index in [4.69, 9.17) is 0 Å². The molecule has 2 heterocycles. The van der Waals surface area contributed by atoms with E-state index in [1.165, 1.54) is 12.1 Å². The number of imide groups is 1. The molecule has 7 nitrogen and oxygen atoms in total. The zero-order valence-electron chi connectivity index (χ0n) is 12.3. The van der Waals surface area contributed by atoms with Gasteiger partial charge in [-0.1, -0.05) is 13.8 Å². The Bertz CT molecular complexity index is 518. The van der Waals surface area contributed by atoms with Crippen LogP contribution in [0.3, 0.4) is 0 Å². The molecule has 0 aromatic carbocycles. The molecular weight excluding hydrogens is 294 g/mol. The number of nitrogens with one attached hydrogen (secondary N) is 1. The number of carboxylic acid groups (broad SMARTS) is 1. The molecule has 0 aromatic rings. The minimum Gasteiger partial charge on any atom is -0.480 e. The summed E-state index contributed by atoms with van der Waals surface area (Å²) < 4.78 is 4.76. The van der Waals surface area contributed by atoms with E-state index in [1.807, 2.05) is 7.05 Å². The Balaban J connectivity index is 2.24. The first kappa shape index (κ1) is 15.7. The molecule has 2 aliphatic rings. The zero-order valence-corrected chi connectivity index (χ0v) is 13.1. The number of aliphatic carboxylic acids is 1. The molecule has 1 saturated heterocycles. The van der Waals surface area contributed by atoms with Crippen molar-refractivity contribution in [3.63, 3.8) is 0 Å². The van der Waals surface area contributed by atoms with E-state index >= 15 is 0 Å². The van der Waals surface area contributed by atoms with Crippen LogP contribution >= 0.6 is 12.1 Å². The van der Waals surface area contributed by atoms with Gasteiger partial charge in [-0.3, -0.25) is 14.5 Å². The fourth-order valence-electron chi connectivity index (χ4n) is 2.40. The summed E-state index contributed by atoms with van der Waals surface area (Å²) in [5.41, 5.74) is -0.0242. The Morgan fingerprint density at radius 3 is 2.71 bits per heavy atom. The molecule has 0 bridgehead atoms. The third-order valence-electron chi connectivity index (χ3n) is 3.70. The van der Waals surface area contributed by atoms with Gasteiger partial charge in [-0.25, -0.2) is 4.79 Å². The summed E-state index contributed by atoms with van der Waals surface area (Å²) in [6.07, 6.45) is 2.49. The van der Waals surface area contributed by atoms with Crippen molar-refractivity contribution in [3.8, 4) is 0 Å². The molecule has 0 radical (unpaired) electrons. The predicted molar refractivity (Wildman–Crippen MR) is 77.5 cm³/mol. The highest BCUT2D eigenvalue weighted by Crippen LogP contribution is 2.33. The van der Waals surface area contributed by atoms with Crippen molar-refractivity contribution in [1.82, 2.24) is 13.9 Å². The summed E-state index contributed by atoms with van der Waals surface area (Å²) in [6, 6.07) is -1.17. The van der Waals surface area contributed by atoms with Gasteiger partial charge in [-0.15, -0.1) is 0 Å². The standard InChI is InChI=1S/C13H19N3O4S/c1-13(2)5-4-10(17)16(12(13)20)9(11(18)19)6-8-7-15(3)21-14-8/h7,9,14H,4-6H2,1-3H3,(H,18,19). The van der Waals surface area contributed by atoms with E-state index in [0.717, 1.165) is 4.90 Å². The number of piperidine rings is 1. The number of hydrogen-bond acceptors (Lipinski definition) is 6. The van der Waals surface area contributed by atoms with Gasteiger partial charge in [0.15, 0.2) is 0 Å². The number of likely N-dealkylation sites (tertiary alicyclic amines) is 1. The highest BCUT2D eigenvalue weighted by molar-refractivity contribution is 7.95. The molecule has 0 aliphatic carbocycles. The van der Waals surface area contributed by atoms with E-state index in [9.17, 15) is 19.5 Å². The van der Waals surface area contributed by atoms with Crippen molar-refractivity contribution in [2.45, 2.75) is 39.2 Å². The maximum atomic E-state index is 12.4. The lowest BCUT2D eigenvalue weighted by atomic mass is 9.82. The molecule has 2 amide bonds. The summed E-state index contributed by atoms with van der Waals surface area (Å²) >= 11 is 1.32. The van der Waals surface area contributed by atoms with Crippen molar-refractivity contribution in [2.75, 3.05) is 7.05 Å². The highest BCUT2D eigenvalue weighted by atomic mass is 32.2. The summed E-state index contributed by atoms with van der Waals surface area (Å²) in [4.78, 5) is 37.0. The Kier molecular flexibility index (Phi) is 4.18. The molecule has 1 fully saturated rings. The fraction of sp³-hybridized carbons (Fsp3) is 0.615. The predicted octanol–water partition coefficient (Wildman–Crippen LogP) is 0.944. The Hall–Kier alpha value is -1.70. The maximum absolute atomic E-state index is 12.4. The van der Waals surface area contributed by atoms with Gasteiger partial charge in [0, 0.05) is 37.2 Å². The normalized spacial score (nSPS) is 22.9. The minimum atomic E-state index is -1.17. The summed E-state index contributed by atoms with van der Waals surface area (Å²) in [5, 5.41) is 9.44. The van der Waals surface area contributed by atoms with Gasteiger partial charge in [0.25, 0.3) is 0 Å². The van der Waals surface area contributed by atoms with E-state index in [1.54, 1.807) is 24.4 Å². The van der Waals surface area contributed by atoms with Crippen molar-refractivity contribution < 1.29 is 19.5 Å². The fourth-order valence-corrected chi connectivity index (χ4v) is 2.97. The second-order valence-corrected chi connectivity index (χ2v) is 6.87. The van der Waals surface area contributed by atoms with Crippen molar-refractivity contribution >= 4 is 29.9 Å². The first-order valence-electron chi connectivity index (χ1n) is 6.68. The van der Waals surface area contributed by atoms with Crippen LogP contribution in [-0.4, -0.2) is 45.2 Å². The third kappa shape index (κ3) is 3.15. The topological polar surface area (TPSA) is 90.0 Å². The van der Waals surface area contributed by atoms with Crippen LogP contribution in [0.4, 0.5) is 0 Å². The van der Waals surface area contributed by atoms with Gasteiger partial charge in [0.1, 0.15) is 6.04 Å². The molecule has 8 heteroatoms. The smallest absolute Gasteiger partial charge is 0.327 e. The van der Waals surface area contributed by atoms with Gasteiger partial charge in [-0.2, -0.15) is 0 Å². The summed E-state index contributed by atoms with van der Waals surface area (Å²) in [6.45, 7) is 3.48. The quantitative estimate of drug-likeness (QED) is 0.590. The monoisotopic (exact) mass is 313 g/mol. The minimum absolute atomic E-state index is 0.0836. The van der Waals surface area contributed by atoms with Crippen LogP contribution in [0.1, 0.15) is 33.1 Å². The third-order valence-corrected chi connectivity index (χ3v) is 4.45. The van der Waals surface area contributed by atoms with E-state index in [-0.39, 0.29) is 12.8 Å². The van der Waals surface area contributed by atoms with E-state index in [0.29, 0.717) is 12.1 Å². The number of carbonyl (C=O) groups excluding carboxylic acids is 2. The number of amides is 2. The molecule has 1 atom stereocenters. The average Bonchev–Trinajstić information content (AvgIpc) is 2.79. The largest absolute Gasteiger partial charge is 0.480 e. The highest BCUT2D eigenvalue weighted by Gasteiger charge is 2.45. The van der Waals surface area contributed by atoms with Crippen molar-refractivity contribution in [3.05, 3.63) is 11.9 Å². The van der Waals surface area contributed by atoms with Crippen LogP contribution in [0.25, 0.3) is 0 Å². The molecule has 0 saturated carbocycles. The molecule has 2 rings (SSSR count). The summed E-state index contributed by atoms with van der Waals surface area (Å²) in [5.74, 6) is -1.99. The first-order valence-corrected chi connectivity index (χ1v) is 7.45. The number of carboxylic acids is 1. The molecule has 1 unspecified atom stereocenters. The Morgan fingerprint density at radius 2 is 2.19 bits per heavy atom. The Labute approximate surface area is 127 Å². The van der Waals surface area contributed by atoms with Gasteiger partial charge < -0.3 is 14.1 Å². The molecule has 0 aromatic heterocycles. The van der Waals surface area contributed by atoms with Crippen LogP contribution in [0.2, 0.25) is 0 Å². The van der Waals surface area contributed by atoms with Crippen LogP contribution in [0.5, 0.6) is 0 Å². The maximum Gasteiger partial charge on any atom is 0.327 e. The summed E-state index contributed by atoms with van der Waals surface area (Å²) in [7, 11) is 1.82. The molecular formula is C13H19N3O4S.